The van der Waals surface area contributed by atoms with Crippen molar-refractivity contribution < 1.29 is 14.6 Å². The van der Waals surface area contributed by atoms with Gasteiger partial charge in [-0.1, -0.05) is 0 Å². The minimum absolute atomic E-state index is 0.0923. The van der Waals surface area contributed by atoms with Crippen molar-refractivity contribution in [2.45, 2.75) is 12.3 Å². The fraction of sp³-hybridized carbons (Fsp3) is 0.500. The molecule has 0 saturated carbocycles. The Labute approximate surface area is 84.7 Å². The second kappa shape index (κ2) is 3.55. The minimum atomic E-state index is -1.00. The largest absolute Gasteiger partial charge is 0.478 e. The van der Waals surface area contributed by atoms with Crippen molar-refractivity contribution in [3.63, 3.8) is 0 Å². The molecule has 3 N–H and O–H groups in total. The molecule has 0 bridgehead atoms. The van der Waals surface area contributed by atoms with E-state index in [2.05, 4.69) is 4.37 Å². The Kier molecular flexibility index (Phi) is 2.39. The predicted octanol–water partition coefficient (Wildman–Crippen LogP) is 0.927. The van der Waals surface area contributed by atoms with E-state index in [0.717, 1.165) is 18.0 Å². The molecule has 14 heavy (non-hydrogen) atoms. The number of aromatic nitrogens is 1. The van der Waals surface area contributed by atoms with Gasteiger partial charge >= 0.3 is 5.97 Å². The van der Waals surface area contributed by atoms with E-state index in [1.165, 1.54) is 0 Å². The number of aromatic carboxylic acids is 1. The molecule has 2 rings (SSSR count). The van der Waals surface area contributed by atoms with Gasteiger partial charge in [-0.3, -0.25) is 0 Å². The number of hydrogen-bond acceptors (Lipinski definition) is 5. The first-order valence-electron chi connectivity index (χ1n) is 4.26. The summed E-state index contributed by atoms with van der Waals surface area (Å²) < 4.78 is 9.26. The highest BCUT2D eigenvalue weighted by molar-refractivity contribution is 7.10. The molecule has 1 aliphatic rings. The van der Waals surface area contributed by atoms with Crippen LogP contribution in [0.15, 0.2) is 0 Å². The van der Waals surface area contributed by atoms with E-state index in [-0.39, 0.29) is 16.5 Å². The number of anilines is 1. The second-order valence-corrected chi connectivity index (χ2v) is 3.98. The first-order chi connectivity index (χ1) is 6.70. The summed E-state index contributed by atoms with van der Waals surface area (Å²) in [6.07, 6.45) is 0.823. The SMILES string of the molecule is Nc1snc(C2CCOC2)c1C(=O)O. The number of carbonyl (C=O) groups is 1. The van der Waals surface area contributed by atoms with Gasteiger partial charge in [-0.05, 0) is 18.0 Å². The fourth-order valence-electron chi connectivity index (χ4n) is 1.56. The molecule has 1 fully saturated rings. The van der Waals surface area contributed by atoms with Gasteiger partial charge in [0.1, 0.15) is 10.6 Å². The van der Waals surface area contributed by atoms with Gasteiger partial charge in [0.15, 0.2) is 0 Å². The molecule has 6 heteroatoms. The molecular weight excluding hydrogens is 204 g/mol. The Balaban J connectivity index is 2.37. The molecule has 1 aliphatic heterocycles. The van der Waals surface area contributed by atoms with Crippen LogP contribution >= 0.6 is 11.5 Å². The Morgan fingerprint density at radius 1 is 1.71 bits per heavy atom. The number of nitrogen functional groups attached to an aromatic ring is 1. The lowest BCUT2D eigenvalue weighted by atomic mass is 10.0. The lowest BCUT2D eigenvalue weighted by molar-refractivity contribution is 0.0696. The molecule has 0 aliphatic carbocycles. The Morgan fingerprint density at radius 2 is 2.50 bits per heavy atom. The van der Waals surface area contributed by atoms with E-state index in [0.29, 0.717) is 18.9 Å². The molecule has 0 radical (unpaired) electrons. The van der Waals surface area contributed by atoms with Crippen LogP contribution in [0.1, 0.15) is 28.4 Å². The molecule has 0 spiro atoms. The highest BCUT2D eigenvalue weighted by Gasteiger charge is 2.27. The van der Waals surface area contributed by atoms with Gasteiger partial charge in [-0.2, -0.15) is 4.37 Å². The van der Waals surface area contributed by atoms with Gasteiger partial charge in [-0.25, -0.2) is 4.79 Å². The van der Waals surface area contributed by atoms with Crippen LogP contribution in [0.25, 0.3) is 0 Å². The summed E-state index contributed by atoms with van der Waals surface area (Å²) >= 11 is 1.04. The quantitative estimate of drug-likeness (QED) is 0.764. The smallest absolute Gasteiger partial charge is 0.340 e. The topological polar surface area (TPSA) is 85.4 Å². The first kappa shape index (κ1) is 9.42. The van der Waals surface area contributed by atoms with E-state index < -0.39 is 5.97 Å². The molecule has 1 saturated heterocycles. The Bertz CT molecular complexity index is 357. The van der Waals surface area contributed by atoms with Gasteiger partial charge in [0, 0.05) is 12.5 Å². The van der Waals surface area contributed by atoms with Crippen LogP contribution in [0.4, 0.5) is 5.00 Å². The summed E-state index contributed by atoms with van der Waals surface area (Å²) in [5.41, 5.74) is 6.28. The number of ether oxygens (including phenoxy) is 1. The Morgan fingerprint density at radius 3 is 3.07 bits per heavy atom. The van der Waals surface area contributed by atoms with Crippen LogP contribution in [-0.2, 0) is 4.74 Å². The van der Waals surface area contributed by atoms with Crippen molar-refractivity contribution in [3.05, 3.63) is 11.3 Å². The maximum Gasteiger partial charge on any atom is 0.340 e. The summed E-state index contributed by atoms with van der Waals surface area (Å²) in [5.74, 6) is -0.909. The van der Waals surface area contributed by atoms with Gasteiger partial charge in [-0.15, -0.1) is 0 Å². The number of carboxylic acid groups (broad SMARTS) is 1. The van der Waals surface area contributed by atoms with E-state index in [1.54, 1.807) is 0 Å². The van der Waals surface area contributed by atoms with Crippen molar-refractivity contribution in [3.8, 4) is 0 Å². The third kappa shape index (κ3) is 1.46. The normalized spacial score (nSPS) is 21.3. The molecule has 0 aromatic carbocycles. The van der Waals surface area contributed by atoms with Gasteiger partial charge < -0.3 is 15.6 Å². The maximum absolute atomic E-state index is 10.9. The predicted molar refractivity (Wildman–Crippen MR) is 51.7 cm³/mol. The first-order valence-corrected chi connectivity index (χ1v) is 5.03. The second-order valence-electron chi connectivity index (χ2n) is 3.17. The zero-order valence-corrected chi connectivity index (χ0v) is 8.21. The highest BCUT2D eigenvalue weighted by atomic mass is 32.1. The van der Waals surface area contributed by atoms with E-state index in [9.17, 15) is 4.79 Å². The van der Waals surface area contributed by atoms with Crippen molar-refractivity contribution in [2.24, 2.45) is 0 Å². The zero-order chi connectivity index (χ0) is 10.1. The third-order valence-corrected chi connectivity index (χ3v) is 2.96. The molecular formula is C8H10N2O3S. The van der Waals surface area contributed by atoms with Crippen LogP contribution in [-0.4, -0.2) is 28.7 Å². The zero-order valence-electron chi connectivity index (χ0n) is 7.40. The molecule has 76 valence electrons. The number of rotatable bonds is 2. The lowest BCUT2D eigenvalue weighted by Crippen LogP contribution is -2.07. The number of carboxylic acids is 1. The lowest BCUT2D eigenvalue weighted by Gasteiger charge is -2.04. The fourth-order valence-corrected chi connectivity index (χ4v) is 2.28. The van der Waals surface area contributed by atoms with Crippen molar-refractivity contribution in [2.75, 3.05) is 18.9 Å². The number of nitrogens with zero attached hydrogens (tertiary/aromatic N) is 1. The maximum atomic E-state index is 10.9. The van der Waals surface area contributed by atoms with Crippen LogP contribution in [0.2, 0.25) is 0 Å². The Hall–Kier alpha value is -1.14. The standard InChI is InChI=1S/C8H10N2O3S/c9-7-5(8(11)12)6(10-14-7)4-1-2-13-3-4/h4H,1-3,9H2,(H,11,12). The van der Waals surface area contributed by atoms with Crippen LogP contribution in [0.5, 0.6) is 0 Å². The molecule has 1 aromatic rings. The summed E-state index contributed by atoms with van der Waals surface area (Å²) in [5, 5.41) is 9.22. The minimum Gasteiger partial charge on any atom is -0.478 e. The van der Waals surface area contributed by atoms with Crippen molar-refractivity contribution in [1.29, 1.82) is 0 Å². The molecule has 0 amide bonds. The van der Waals surface area contributed by atoms with Crippen molar-refractivity contribution >= 4 is 22.5 Å². The molecule has 5 nitrogen and oxygen atoms in total. The van der Waals surface area contributed by atoms with Gasteiger partial charge in [0.2, 0.25) is 0 Å². The summed E-state index contributed by atoms with van der Waals surface area (Å²) in [4.78, 5) is 10.9. The average molecular weight is 214 g/mol. The van der Waals surface area contributed by atoms with E-state index in [4.69, 9.17) is 15.6 Å². The van der Waals surface area contributed by atoms with E-state index >= 15 is 0 Å². The molecule has 1 aromatic heterocycles. The van der Waals surface area contributed by atoms with Crippen LogP contribution in [0, 0.1) is 0 Å². The monoisotopic (exact) mass is 214 g/mol. The van der Waals surface area contributed by atoms with Crippen LogP contribution in [0.3, 0.4) is 0 Å². The summed E-state index contributed by atoms with van der Waals surface area (Å²) in [7, 11) is 0. The number of hydrogen-bond donors (Lipinski definition) is 2. The number of nitrogens with two attached hydrogens (primary N) is 1. The third-order valence-electron chi connectivity index (χ3n) is 2.28. The average Bonchev–Trinajstić information content (AvgIpc) is 2.70. The van der Waals surface area contributed by atoms with Gasteiger partial charge in [0.05, 0.1) is 12.3 Å². The summed E-state index contributed by atoms with van der Waals surface area (Å²) in [6.45, 7) is 1.21. The molecule has 1 atom stereocenters. The summed E-state index contributed by atoms with van der Waals surface area (Å²) in [6, 6.07) is 0. The van der Waals surface area contributed by atoms with E-state index in [1.807, 2.05) is 0 Å². The van der Waals surface area contributed by atoms with Crippen LogP contribution < -0.4 is 5.73 Å². The highest BCUT2D eigenvalue weighted by Crippen LogP contribution is 2.32. The van der Waals surface area contributed by atoms with Crippen molar-refractivity contribution in [1.82, 2.24) is 4.37 Å². The molecule has 1 unspecified atom stereocenters. The molecule has 2 heterocycles. The van der Waals surface area contributed by atoms with Gasteiger partial charge in [0.25, 0.3) is 0 Å².